The molecule has 3 rings (SSSR count). The summed E-state index contributed by atoms with van der Waals surface area (Å²) in [5.41, 5.74) is 3.57. The Labute approximate surface area is 128 Å². The first-order chi connectivity index (χ1) is 10.5. The molecule has 0 spiro atoms. The van der Waals surface area contributed by atoms with E-state index in [0.29, 0.717) is 5.92 Å². The van der Waals surface area contributed by atoms with Gasteiger partial charge in [-0.15, -0.1) is 0 Å². The zero-order chi connectivity index (χ0) is 15.7. The molecule has 112 valence electrons. The fourth-order valence-electron chi connectivity index (χ4n) is 2.79. The average molecular weight is 300 g/mol. The van der Waals surface area contributed by atoms with Gasteiger partial charge in [0.2, 0.25) is 0 Å². The van der Waals surface area contributed by atoms with Crippen LogP contribution in [0.2, 0.25) is 0 Å². The topological polar surface area (TPSA) is 0 Å². The van der Waals surface area contributed by atoms with E-state index in [0.717, 1.165) is 37.0 Å². The molecule has 0 amide bonds. The molecule has 0 nitrogen and oxygen atoms in total. The molecule has 0 N–H and O–H groups in total. The van der Waals surface area contributed by atoms with Crippen LogP contribution in [0.25, 0.3) is 0 Å². The SMILES string of the molecule is CC1CCc2cc(C#Cc3cc(F)c(F)c(F)c3)ccc2C1. The second kappa shape index (κ2) is 5.88. The van der Waals surface area contributed by atoms with Gasteiger partial charge in [-0.1, -0.05) is 24.8 Å². The number of hydrogen-bond acceptors (Lipinski definition) is 0. The van der Waals surface area contributed by atoms with Crippen molar-refractivity contribution in [2.45, 2.75) is 26.2 Å². The Balaban J connectivity index is 1.89. The highest BCUT2D eigenvalue weighted by Crippen LogP contribution is 2.25. The number of rotatable bonds is 0. The normalized spacial score (nSPS) is 16.6. The third-order valence-corrected chi connectivity index (χ3v) is 4.02. The fraction of sp³-hybridized carbons (Fsp3) is 0.263. The number of fused-ring (bicyclic) bond motifs is 1. The van der Waals surface area contributed by atoms with Crippen LogP contribution in [0.5, 0.6) is 0 Å². The van der Waals surface area contributed by atoms with Crippen LogP contribution in [-0.4, -0.2) is 0 Å². The minimum absolute atomic E-state index is 0.128. The first kappa shape index (κ1) is 14.7. The van der Waals surface area contributed by atoms with E-state index in [1.807, 2.05) is 12.1 Å². The third-order valence-electron chi connectivity index (χ3n) is 4.02. The molecule has 0 heterocycles. The first-order valence-corrected chi connectivity index (χ1v) is 7.31. The molecule has 1 aliphatic rings. The van der Waals surface area contributed by atoms with E-state index in [1.165, 1.54) is 11.1 Å². The summed E-state index contributed by atoms with van der Waals surface area (Å²) in [4.78, 5) is 0. The minimum atomic E-state index is -1.46. The highest BCUT2D eigenvalue weighted by molar-refractivity contribution is 5.46. The fourth-order valence-corrected chi connectivity index (χ4v) is 2.79. The Kier molecular flexibility index (Phi) is 3.94. The molecule has 1 unspecified atom stereocenters. The van der Waals surface area contributed by atoms with Gasteiger partial charge in [-0.25, -0.2) is 13.2 Å². The molecule has 0 aromatic heterocycles. The van der Waals surface area contributed by atoms with Crippen molar-refractivity contribution >= 4 is 0 Å². The predicted molar refractivity (Wildman–Crippen MR) is 79.9 cm³/mol. The second-order valence-electron chi connectivity index (χ2n) is 5.84. The molecule has 0 saturated heterocycles. The molecule has 0 bridgehead atoms. The van der Waals surface area contributed by atoms with Crippen LogP contribution >= 0.6 is 0 Å². The predicted octanol–water partition coefficient (Wildman–Crippen LogP) is 4.63. The van der Waals surface area contributed by atoms with E-state index in [2.05, 4.69) is 24.8 Å². The van der Waals surface area contributed by atoms with Crippen LogP contribution in [0.4, 0.5) is 13.2 Å². The van der Waals surface area contributed by atoms with Crippen molar-refractivity contribution in [2.75, 3.05) is 0 Å². The Morgan fingerprint density at radius 1 is 0.909 bits per heavy atom. The van der Waals surface area contributed by atoms with E-state index < -0.39 is 17.5 Å². The van der Waals surface area contributed by atoms with Gasteiger partial charge in [0.05, 0.1) is 0 Å². The Hall–Kier alpha value is -2.21. The van der Waals surface area contributed by atoms with E-state index in [1.54, 1.807) is 0 Å². The molecule has 3 heteroatoms. The zero-order valence-corrected chi connectivity index (χ0v) is 12.2. The lowest BCUT2D eigenvalue weighted by atomic mass is 9.84. The summed E-state index contributed by atoms with van der Waals surface area (Å²) in [5.74, 6) is 2.38. The molecular weight excluding hydrogens is 285 g/mol. The Morgan fingerprint density at radius 2 is 1.59 bits per heavy atom. The van der Waals surface area contributed by atoms with Crippen LogP contribution in [0, 0.1) is 35.2 Å². The Morgan fingerprint density at radius 3 is 2.32 bits per heavy atom. The summed E-state index contributed by atoms with van der Waals surface area (Å²) >= 11 is 0. The van der Waals surface area contributed by atoms with Crippen LogP contribution in [0.1, 0.15) is 35.6 Å². The molecule has 1 aliphatic carbocycles. The largest absolute Gasteiger partial charge is 0.204 e. The zero-order valence-electron chi connectivity index (χ0n) is 12.2. The van der Waals surface area contributed by atoms with E-state index in [-0.39, 0.29) is 5.56 Å². The highest BCUT2D eigenvalue weighted by Gasteiger charge is 2.14. The summed E-state index contributed by atoms with van der Waals surface area (Å²) in [5, 5.41) is 0. The molecule has 0 fully saturated rings. The van der Waals surface area contributed by atoms with Crippen molar-refractivity contribution in [1.82, 2.24) is 0 Å². The molecule has 0 aliphatic heterocycles. The van der Waals surface area contributed by atoms with Gasteiger partial charge in [0, 0.05) is 11.1 Å². The maximum atomic E-state index is 13.1. The van der Waals surface area contributed by atoms with Crippen molar-refractivity contribution in [3.8, 4) is 11.8 Å². The van der Waals surface area contributed by atoms with Crippen molar-refractivity contribution in [1.29, 1.82) is 0 Å². The molecule has 2 aromatic carbocycles. The molecule has 0 radical (unpaired) electrons. The van der Waals surface area contributed by atoms with Crippen LogP contribution in [-0.2, 0) is 12.8 Å². The van der Waals surface area contributed by atoms with Crippen molar-refractivity contribution < 1.29 is 13.2 Å². The average Bonchev–Trinajstić information content (AvgIpc) is 2.50. The number of aryl methyl sites for hydroxylation is 1. The maximum absolute atomic E-state index is 13.1. The lowest BCUT2D eigenvalue weighted by molar-refractivity contribution is 0.446. The summed E-state index contributed by atoms with van der Waals surface area (Å²) in [7, 11) is 0. The standard InChI is InChI=1S/C19H15F3/c1-12-2-6-16-9-13(5-7-15(16)8-12)3-4-14-10-17(20)19(22)18(21)11-14/h5,7,9-12H,2,6,8H2,1H3. The summed E-state index contributed by atoms with van der Waals surface area (Å²) < 4.78 is 39.2. The quantitative estimate of drug-likeness (QED) is 0.491. The van der Waals surface area contributed by atoms with Gasteiger partial charge in [0.25, 0.3) is 0 Å². The summed E-state index contributed by atoms with van der Waals surface area (Å²) in [6.45, 7) is 2.24. The van der Waals surface area contributed by atoms with Crippen molar-refractivity contribution in [3.05, 3.63) is 70.0 Å². The van der Waals surface area contributed by atoms with E-state index in [9.17, 15) is 13.2 Å². The van der Waals surface area contributed by atoms with Gasteiger partial charge < -0.3 is 0 Å². The van der Waals surface area contributed by atoms with E-state index in [4.69, 9.17) is 0 Å². The molecular formula is C19H15F3. The number of hydrogen-bond donors (Lipinski definition) is 0. The first-order valence-electron chi connectivity index (χ1n) is 7.31. The molecule has 1 atom stereocenters. The summed E-state index contributed by atoms with van der Waals surface area (Å²) in [6.07, 6.45) is 3.28. The van der Waals surface area contributed by atoms with Crippen molar-refractivity contribution in [2.24, 2.45) is 5.92 Å². The summed E-state index contributed by atoms with van der Waals surface area (Å²) in [6, 6.07) is 7.84. The van der Waals surface area contributed by atoms with Gasteiger partial charge in [0.1, 0.15) is 0 Å². The number of halogens is 3. The monoisotopic (exact) mass is 300 g/mol. The maximum Gasteiger partial charge on any atom is 0.194 e. The van der Waals surface area contributed by atoms with Gasteiger partial charge in [0.15, 0.2) is 17.5 Å². The van der Waals surface area contributed by atoms with Gasteiger partial charge in [-0.2, -0.15) is 0 Å². The van der Waals surface area contributed by atoms with Crippen molar-refractivity contribution in [3.63, 3.8) is 0 Å². The van der Waals surface area contributed by atoms with Gasteiger partial charge in [-0.05, 0) is 60.6 Å². The van der Waals surface area contributed by atoms with Gasteiger partial charge in [-0.3, -0.25) is 0 Å². The molecule has 0 saturated carbocycles. The lowest BCUT2D eigenvalue weighted by Gasteiger charge is -2.21. The molecule has 2 aromatic rings. The second-order valence-corrected chi connectivity index (χ2v) is 5.84. The minimum Gasteiger partial charge on any atom is -0.204 e. The third kappa shape index (κ3) is 3.01. The highest BCUT2D eigenvalue weighted by atomic mass is 19.2. The number of benzene rings is 2. The van der Waals surface area contributed by atoms with Gasteiger partial charge >= 0.3 is 0 Å². The Bertz CT molecular complexity index is 758. The molecule has 22 heavy (non-hydrogen) atoms. The van der Waals surface area contributed by atoms with Crippen LogP contribution in [0.15, 0.2) is 30.3 Å². The van der Waals surface area contributed by atoms with Crippen LogP contribution in [0.3, 0.4) is 0 Å². The smallest absolute Gasteiger partial charge is 0.194 e. The van der Waals surface area contributed by atoms with E-state index >= 15 is 0 Å². The van der Waals surface area contributed by atoms with Crippen LogP contribution < -0.4 is 0 Å². The lowest BCUT2D eigenvalue weighted by Crippen LogP contribution is -2.11.